The Labute approximate surface area is 121 Å². The Kier molecular flexibility index (Phi) is 3.30. The van der Waals surface area contributed by atoms with Crippen molar-refractivity contribution in [2.24, 2.45) is 0 Å². The lowest BCUT2D eigenvalue weighted by Gasteiger charge is -2.16. The van der Waals surface area contributed by atoms with Crippen LogP contribution in [0.2, 0.25) is 0 Å². The number of nitrogens with one attached hydrogen (secondary N) is 2. The molecule has 96 valence electrons. The molecular weight excluding hydrogens is 300 g/mol. The van der Waals surface area contributed by atoms with Gasteiger partial charge in [-0.2, -0.15) is 0 Å². The maximum atomic E-state index is 3.59. The number of halogens is 1. The van der Waals surface area contributed by atoms with Crippen molar-refractivity contribution in [2.75, 3.05) is 0 Å². The molecule has 0 fully saturated rings. The molecule has 3 aromatic rings. The van der Waals surface area contributed by atoms with Gasteiger partial charge >= 0.3 is 0 Å². The predicted octanol–water partition coefficient (Wildman–Crippen LogP) is 4.59. The Balaban J connectivity index is 2.14. The number of benzene rings is 1. The Morgan fingerprint density at radius 3 is 2.05 bits per heavy atom. The van der Waals surface area contributed by atoms with Gasteiger partial charge in [0.15, 0.2) is 0 Å². The van der Waals surface area contributed by atoms with Crippen LogP contribution < -0.4 is 0 Å². The molecule has 2 nitrogen and oxygen atoms in total. The molecule has 0 aliphatic carbocycles. The second kappa shape index (κ2) is 5.10. The largest absolute Gasteiger partial charge is 0.364 e. The van der Waals surface area contributed by atoms with Crippen molar-refractivity contribution < 1.29 is 0 Å². The van der Waals surface area contributed by atoms with Gasteiger partial charge < -0.3 is 9.97 Å². The Bertz CT molecular complexity index is 600. The zero-order chi connectivity index (χ0) is 13.2. The summed E-state index contributed by atoms with van der Waals surface area (Å²) < 4.78 is 1.12. The average Bonchev–Trinajstić information content (AvgIpc) is 3.01. The Morgan fingerprint density at radius 1 is 0.947 bits per heavy atom. The molecule has 0 bridgehead atoms. The number of aryl methyl sites for hydroxylation is 1. The molecule has 0 saturated carbocycles. The minimum atomic E-state index is 0.209. The van der Waals surface area contributed by atoms with E-state index in [9.17, 15) is 0 Å². The number of H-pyrrole nitrogens is 2. The molecule has 0 unspecified atom stereocenters. The van der Waals surface area contributed by atoms with Gasteiger partial charge in [-0.1, -0.05) is 22.0 Å². The molecule has 0 aliphatic rings. The van der Waals surface area contributed by atoms with Crippen LogP contribution in [-0.4, -0.2) is 9.97 Å². The van der Waals surface area contributed by atoms with Crippen LogP contribution in [0.15, 0.2) is 59.3 Å². The van der Waals surface area contributed by atoms with Crippen LogP contribution in [-0.2, 0) is 0 Å². The van der Waals surface area contributed by atoms with Crippen molar-refractivity contribution in [3.8, 4) is 0 Å². The van der Waals surface area contributed by atoms with E-state index in [1.54, 1.807) is 0 Å². The Morgan fingerprint density at radius 2 is 1.58 bits per heavy atom. The fraction of sp³-hybridized carbons (Fsp3) is 0.125. The van der Waals surface area contributed by atoms with Crippen molar-refractivity contribution in [1.82, 2.24) is 9.97 Å². The zero-order valence-corrected chi connectivity index (χ0v) is 12.2. The van der Waals surface area contributed by atoms with E-state index in [1.165, 1.54) is 22.5 Å². The van der Waals surface area contributed by atoms with Crippen molar-refractivity contribution in [2.45, 2.75) is 12.8 Å². The summed E-state index contributed by atoms with van der Waals surface area (Å²) >= 11 is 3.59. The third kappa shape index (κ3) is 2.51. The number of hydrogen-bond donors (Lipinski definition) is 2. The zero-order valence-electron chi connectivity index (χ0n) is 10.7. The summed E-state index contributed by atoms with van der Waals surface area (Å²) in [6.07, 6.45) is 3.94. The van der Waals surface area contributed by atoms with E-state index >= 15 is 0 Å². The highest BCUT2D eigenvalue weighted by Gasteiger charge is 2.18. The summed E-state index contributed by atoms with van der Waals surface area (Å²) in [6.45, 7) is 2.12. The van der Waals surface area contributed by atoms with Crippen molar-refractivity contribution >= 4 is 15.9 Å². The fourth-order valence-corrected chi connectivity index (χ4v) is 3.13. The highest BCUT2D eigenvalue weighted by molar-refractivity contribution is 9.10. The van der Waals surface area contributed by atoms with Gasteiger partial charge in [-0.15, -0.1) is 0 Å². The molecule has 3 heteroatoms. The quantitative estimate of drug-likeness (QED) is 0.708. The monoisotopic (exact) mass is 314 g/mol. The lowest BCUT2D eigenvalue weighted by Crippen LogP contribution is -2.04. The van der Waals surface area contributed by atoms with Crippen LogP contribution in [0.1, 0.15) is 28.4 Å². The predicted molar refractivity (Wildman–Crippen MR) is 81.4 cm³/mol. The van der Waals surface area contributed by atoms with Crippen molar-refractivity contribution in [3.05, 3.63) is 81.8 Å². The van der Waals surface area contributed by atoms with E-state index in [2.05, 4.69) is 63.2 Å². The molecule has 1 aromatic carbocycles. The van der Waals surface area contributed by atoms with Gasteiger partial charge in [-0.05, 0) is 54.4 Å². The van der Waals surface area contributed by atoms with Gasteiger partial charge in [0.05, 0.1) is 5.92 Å². The molecule has 0 amide bonds. The SMILES string of the molecule is Cc1cc(Br)cc(C(c2ccc[nH]2)c2ccc[nH]2)c1. The summed E-state index contributed by atoms with van der Waals surface area (Å²) in [5.74, 6) is 0.209. The summed E-state index contributed by atoms with van der Waals surface area (Å²) in [4.78, 5) is 6.66. The van der Waals surface area contributed by atoms with Gasteiger partial charge in [0.25, 0.3) is 0 Å². The molecule has 3 rings (SSSR count). The smallest absolute Gasteiger partial charge is 0.0641 e. The van der Waals surface area contributed by atoms with Gasteiger partial charge in [0.1, 0.15) is 0 Å². The van der Waals surface area contributed by atoms with Crippen LogP contribution in [0.4, 0.5) is 0 Å². The molecule has 0 radical (unpaired) electrons. The first-order valence-corrected chi connectivity index (χ1v) is 7.07. The minimum Gasteiger partial charge on any atom is -0.364 e. The van der Waals surface area contributed by atoms with Crippen molar-refractivity contribution in [3.63, 3.8) is 0 Å². The van der Waals surface area contributed by atoms with Crippen LogP contribution in [0, 0.1) is 6.92 Å². The molecule has 19 heavy (non-hydrogen) atoms. The molecule has 0 atom stereocenters. The summed E-state index contributed by atoms with van der Waals surface area (Å²) in [7, 11) is 0. The normalized spacial score (nSPS) is 11.1. The van der Waals surface area contributed by atoms with Gasteiger partial charge in [0.2, 0.25) is 0 Å². The van der Waals surface area contributed by atoms with E-state index < -0.39 is 0 Å². The number of rotatable bonds is 3. The third-order valence-electron chi connectivity index (χ3n) is 3.26. The van der Waals surface area contributed by atoms with E-state index in [0.29, 0.717) is 0 Å². The summed E-state index contributed by atoms with van der Waals surface area (Å²) in [6, 6.07) is 14.9. The topological polar surface area (TPSA) is 31.6 Å². The summed E-state index contributed by atoms with van der Waals surface area (Å²) in [5, 5.41) is 0. The standard InChI is InChI=1S/C16H15BrN2/c1-11-8-12(10-13(17)9-11)16(14-4-2-6-18-14)15-5-3-7-19-15/h2-10,16,18-19H,1H3. The van der Waals surface area contributed by atoms with Gasteiger partial charge in [0, 0.05) is 28.3 Å². The molecular formula is C16H15BrN2. The molecule has 0 spiro atoms. The third-order valence-corrected chi connectivity index (χ3v) is 3.72. The second-order valence-electron chi connectivity index (χ2n) is 4.75. The first-order chi connectivity index (χ1) is 9.24. The number of aromatic nitrogens is 2. The fourth-order valence-electron chi connectivity index (χ4n) is 2.51. The minimum absolute atomic E-state index is 0.209. The van der Waals surface area contributed by atoms with Crippen LogP contribution in [0.3, 0.4) is 0 Å². The second-order valence-corrected chi connectivity index (χ2v) is 5.66. The molecule has 0 saturated heterocycles. The van der Waals surface area contributed by atoms with E-state index in [0.717, 1.165) is 4.47 Å². The lowest BCUT2D eigenvalue weighted by molar-refractivity contribution is 0.895. The van der Waals surface area contributed by atoms with Crippen molar-refractivity contribution in [1.29, 1.82) is 0 Å². The highest BCUT2D eigenvalue weighted by Crippen LogP contribution is 2.32. The first-order valence-electron chi connectivity index (χ1n) is 6.28. The highest BCUT2D eigenvalue weighted by atomic mass is 79.9. The maximum Gasteiger partial charge on any atom is 0.0641 e. The van der Waals surface area contributed by atoms with Crippen LogP contribution in [0.5, 0.6) is 0 Å². The first kappa shape index (κ1) is 12.3. The average molecular weight is 315 g/mol. The van der Waals surface area contributed by atoms with Gasteiger partial charge in [-0.25, -0.2) is 0 Å². The number of hydrogen-bond acceptors (Lipinski definition) is 0. The lowest BCUT2D eigenvalue weighted by atomic mass is 9.92. The number of aromatic amines is 2. The van der Waals surface area contributed by atoms with E-state index in [1.807, 2.05) is 24.5 Å². The molecule has 2 aromatic heterocycles. The summed E-state index contributed by atoms with van der Waals surface area (Å²) in [5.41, 5.74) is 4.92. The Hall–Kier alpha value is -1.74. The molecule has 2 N–H and O–H groups in total. The molecule has 2 heterocycles. The van der Waals surface area contributed by atoms with Crippen LogP contribution in [0.25, 0.3) is 0 Å². The van der Waals surface area contributed by atoms with E-state index in [4.69, 9.17) is 0 Å². The van der Waals surface area contributed by atoms with Crippen LogP contribution >= 0.6 is 15.9 Å². The van der Waals surface area contributed by atoms with Gasteiger partial charge in [-0.3, -0.25) is 0 Å². The maximum absolute atomic E-state index is 3.59. The molecule has 0 aliphatic heterocycles. The van der Waals surface area contributed by atoms with E-state index in [-0.39, 0.29) is 5.92 Å².